The number of aromatic amines is 1. The van der Waals surface area contributed by atoms with Crippen LogP contribution >= 0.6 is 11.6 Å². The Morgan fingerprint density at radius 2 is 2.29 bits per heavy atom. The third-order valence-electron chi connectivity index (χ3n) is 4.95. The summed E-state index contributed by atoms with van der Waals surface area (Å²) in [5.74, 6) is -0.255. The number of carbonyl (C=O) groups is 1. The minimum atomic E-state index is -0.255. The van der Waals surface area contributed by atoms with E-state index in [9.17, 15) is 4.79 Å². The quantitative estimate of drug-likeness (QED) is 0.867. The molecule has 0 saturated carbocycles. The van der Waals surface area contributed by atoms with E-state index < -0.39 is 0 Å². The van der Waals surface area contributed by atoms with Gasteiger partial charge in [0, 0.05) is 40.6 Å². The fourth-order valence-electron chi connectivity index (χ4n) is 3.79. The van der Waals surface area contributed by atoms with Crippen molar-refractivity contribution in [1.29, 1.82) is 0 Å². The molecule has 2 aliphatic heterocycles. The molecular weight excluding hydrogens is 288 g/mol. The molecule has 3 heterocycles. The highest BCUT2D eigenvalue weighted by Crippen LogP contribution is 2.38. The summed E-state index contributed by atoms with van der Waals surface area (Å²) in [5, 5.41) is 1.44. The number of esters is 1. The van der Waals surface area contributed by atoms with Gasteiger partial charge in [-0.15, -0.1) is 0 Å². The molecule has 3 atom stereocenters. The summed E-state index contributed by atoms with van der Waals surface area (Å²) < 4.78 is 5.76. The van der Waals surface area contributed by atoms with Crippen LogP contribution in [0.5, 0.6) is 0 Å². The molecule has 1 aromatic heterocycles. The van der Waals surface area contributed by atoms with Crippen molar-refractivity contribution in [3.8, 4) is 0 Å². The summed E-state index contributed by atoms with van der Waals surface area (Å²) in [6.45, 7) is 0. The molecule has 2 saturated heterocycles. The maximum absolute atomic E-state index is 12.5. The predicted octanol–water partition coefficient (Wildman–Crippen LogP) is 3.21. The number of carbonyl (C=O) groups excluding carboxylic acids is 1. The van der Waals surface area contributed by atoms with Gasteiger partial charge in [0.05, 0.1) is 5.56 Å². The standard InChI is InChI=1S/C16H17ClN2O2/c1-19-10-3-5-14(19)15(7-10)21-16(20)12-8-18-13-4-2-9(17)6-11(12)13/h2,4,6,8,10,14-15,18H,3,5,7H2,1H3/t10?,14-,15?/m1/s1. The Bertz CT molecular complexity index is 711. The zero-order valence-corrected chi connectivity index (χ0v) is 12.6. The van der Waals surface area contributed by atoms with Gasteiger partial charge in [-0.3, -0.25) is 4.90 Å². The van der Waals surface area contributed by atoms with Crippen molar-refractivity contribution in [2.45, 2.75) is 37.5 Å². The largest absolute Gasteiger partial charge is 0.457 e. The first kappa shape index (κ1) is 13.2. The van der Waals surface area contributed by atoms with Gasteiger partial charge in [-0.1, -0.05) is 11.6 Å². The smallest absolute Gasteiger partial charge is 0.340 e. The van der Waals surface area contributed by atoms with Gasteiger partial charge in [0.25, 0.3) is 0 Å². The Labute approximate surface area is 128 Å². The molecule has 0 amide bonds. The summed E-state index contributed by atoms with van der Waals surface area (Å²) in [7, 11) is 2.13. The van der Waals surface area contributed by atoms with Crippen LogP contribution in [0.15, 0.2) is 24.4 Å². The number of ether oxygens (including phenoxy) is 1. The zero-order valence-electron chi connectivity index (χ0n) is 11.8. The summed E-state index contributed by atoms with van der Waals surface area (Å²) in [5.41, 5.74) is 1.47. The van der Waals surface area contributed by atoms with Crippen molar-refractivity contribution in [3.63, 3.8) is 0 Å². The number of halogens is 1. The third-order valence-corrected chi connectivity index (χ3v) is 5.19. The number of hydrogen-bond acceptors (Lipinski definition) is 3. The number of hydrogen-bond donors (Lipinski definition) is 1. The first-order valence-electron chi connectivity index (χ1n) is 7.33. The van der Waals surface area contributed by atoms with Crippen LogP contribution in [-0.4, -0.2) is 41.1 Å². The SMILES string of the molecule is CN1C2CC[C@@H]1C(OC(=O)c1c[nH]c3ccc(Cl)cc13)C2. The molecule has 4 rings (SSSR count). The molecule has 0 radical (unpaired) electrons. The number of nitrogens with one attached hydrogen (secondary N) is 1. The highest BCUT2D eigenvalue weighted by Gasteiger charge is 2.46. The number of rotatable bonds is 2. The van der Waals surface area contributed by atoms with Gasteiger partial charge < -0.3 is 9.72 Å². The van der Waals surface area contributed by atoms with Crippen molar-refractivity contribution in [2.75, 3.05) is 7.05 Å². The molecule has 110 valence electrons. The third kappa shape index (κ3) is 2.05. The lowest BCUT2D eigenvalue weighted by Crippen LogP contribution is -2.32. The Balaban J connectivity index is 1.58. The van der Waals surface area contributed by atoms with Crippen LogP contribution in [0, 0.1) is 0 Å². The molecule has 2 aromatic rings. The van der Waals surface area contributed by atoms with Crippen LogP contribution in [0.1, 0.15) is 29.6 Å². The number of likely N-dealkylation sites (N-methyl/N-ethyl adjacent to an activating group) is 1. The van der Waals surface area contributed by atoms with Crippen LogP contribution in [0.2, 0.25) is 5.02 Å². The molecule has 1 aromatic carbocycles. The van der Waals surface area contributed by atoms with E-state index in [1.54, 1.807) is 18.3 Å². The molecule has 1 N–H and O–H groups in total. The van der Waals surface area contributed by atoms with Gasteiger partial charge in [0.2, 0.25) is 0 Å². The molecule has 5 heteroatoms. The number of H-pyrrole nitrogens is 1. The van der Waals surface area contributed by atoms with E-state index in [-0.39, 0.29) is 12.1 Å². The summed E-state index contributed by atoms with van der Waals surface area (Å²) in [6, 6.07) is 6.44. The molecule has 0 aliphatic carbocycles. The van der Waals surface area contributed by atoms with Gasteiger partial charge in [-0.2, -0.15) is 0 Å². The van der Waals surface area contributed by atoms with Crippen LogP contribution in [-0.2, 0) is 4.74 Å². The zero-order chi connectivity index (χ0) is 14.6. The average Bonchev–Trinajstić information content (AvgIpc) is 3.11. The Kier molecular flexibility index (Phi) is 2.98. The van der Waals surface area contributed by atoms with E-state index in [0.29, 0.717) is 22.7 Å². The highest BCUT2D eigenvalue weighted by atomic mass is 35.5. The van der Waals surface area contributed by atoms with Gasteiger partial charge in [0.15, 0.2) is 0 Å². The van der Waals surface area contributed by atoms with Gasteiger partial charge in [-0.05, 0) is 38.1 Å². The molecule has 4 nitrogen and oxygen atoms in total. The van der Waals surface area contributed by atoms with Gasteiger partial charge in [-0.25, -0.2) is 4.79 Å². The lowest BCUT2D eigenvalue weighted by Gasteiger charge is -2.21. The normalized spacial score (nSPS) is 28.4. The predicted molar refractivity (Wildman–Crippen MR) is 81.7 cm³/mol. The van der Waals surface area contributed by atoms with Crippen molar-refractivity contribution < 1.29 is 9.53 Å². The molecule has 21 heavy (non-hydrogen) atoms. The number of nitrogens with zero attached hydrogens (tertiary/aromatic N) is 1. The van der Waals surface area contributed by atoms with E-state index in [1.807, 2.05) is 6.07 Å². The maximum Gasteiger partial charge on any atom is 0.340 e. The molecule has 0 spiro atoms. The summed E-state index contributed by atoms with van der Waals surface area (Å²) in [4.78, 5) is 17.9. The summed E-state index contributed by atoms with van der Waals surface area (Å²) in [6.07, 6.45) is 5.03. The van der Waals surface area contributed by atoms with Crippen molar-refractivity contribution in [1.82, 2.24) is 9.88 Å². The minimum Gasteiger partial charge on any atom is -0.457 e. The number of benzene rings is 1. The fraction of sp³-hybridized carbons (Fsp3) is 0.438. The van der Waals surface area contributed by atoms with Gasteiger partial charge in [0.1, 0.15) is 6.10 Å². The van der Waals surface area contributed by atoms with Crippen molar-refractivity contribution in [3.05, 3.63) is 35.0 Å². The average molecular weight is 305 g/mol. The molecular formula is C16H17ClN2O2. The van der Waals surface area contributed by atoms with Crippen LogP contribution in [0.4, 0.5) is 0 Å². The van der Waals surface area contributed by atoms with E-state index in [0.717, 1.165) is 23.7 Å². The lowest BCUT2D eigenvalue weighted by molar-refractivity contribution is 0.0214. The summed E-state index contributed by atoms with van der Waals surface area (Å²) >= 11 is 6.02. The Hall–Kier alpha value is -1.52. The van der Waals surface area contributed by atoms with Crippen molar-refractivity contribution in [2.24, 2.45) is 0 Å². The molecule has 2 unspecified atom stereocenters. The minimum absolute atomic E-state index is 0.0189. The van der Waals surface area contributed by atoms with Gasteiger partial charge >= 0.3 is 5.97 Å². The number of fused-ring (bicyclic) bond motifs is 3. The monoisotopic (exact) mass is 304 g/mol. The fourth-order valence-corrected chi connectivity index (χ4v) is 3.96. The Morgan fingerprint density at radius 1 is 1.43 bits per heavy atom. The van der Waals surface area contributed by atoms with E-state index in [4.69, 9.17) is 16.3 Å². The van der Waals surface area contributed by atoms with E-state index in [1.165, 1.54) is 6.42 Å². The van der Waals surface area contributed by atoms with Crippen LogP contribution in [0.25, 0.3) is 10.9 Å². The first-order chi connectivity index (χ1) is 10.1. The number of aromatic nitrogens is 1. The van der Waals surface area contributed by atoms with Crippen LogP contribution < -0.4 is 0 Å². The van der Waals surface area contributed by atoms with E-state index >= 15 is 0 Å². The van der Waals surface area contributed by atoms with Crippen LogP contribution in [0.3, 0.4) is 0 Å². The van der Waals surface area contributed by atoms with E-state index in [2.05, 4.69) is 16.9 Å². The first-order valence-corrected chi connectivity index (χ1v) is 7.71. The molecule has 2 aliphatic rings. The maximum atomic E-state index is 12.5. The topological polar surface area (TPSA) is 45.3 Å². The second-order valence-electron chi connectivity index (χ2n) is 6.04. The second-order valence-corrected chi connectivity index (χ2v) is 6.47. The molecule has 2 fully saturated rings. The Morgan fingerprint density at radius 3 is 3.00 bits per heavy atom. The highest BCUT2D eigenvalue weighted by molar-refractivity contribution is 6.31. The lowest BCUT2D eigenvalue weighted by atomic mass is 9.98. The van der Waals surface area contributed by atoms with Crippen molar-refractivity contribution >= 4 is 28.5 Å². The molecule has 2 bridgehead atoms. The second kappa shape index (κ2) is 4.75.